The Hall–Kier alpha value is -0.610. The lowest BCUT2D eigenvalue weighted by Gasteiger charge is -2.35. The standard InChI is InChI=1S/C16H33N3O/c1-12(2)14(7-9-17)5-6-16(20)18-15-8-10-19(4)11-13(15)3/h12-15H,5-11,17H2,1-4H3,(H,18,20). The first-order chi connectivity index (χ1) is 9.43. The molecule has 1 heterocycles. The summed E-state index contributed by atoms with van der Waals surface area (Å²) in [5.74, 6) is 1.94. The predicted octanol–water partition coefficient (Wildman–Crippen LogP) is 1.84. The predicted molar refractivity (Wildman–Crippen MR) is 84.4 cm³/mol. The molecule has 1 saturated heterocycles. The molecule has 4 heteroatoms. The number of nitrogens with zero attached hydrogens (tertiary/aromatic N) is 1. The average molecular weight is 283 g/mol. The SMILES string of the molecule is CC(C)C(CCN)CCC(=O)NC1CCN(C)CC1C. The smallest absolute Gasteiger partial charge is 0.220 e. The van der Waals surface area contributed by atoms with Crippen LogP contribution < -0.4 is 11.1 Å². The summed E-state index contributed by atoms with van der Waals surface area (Å²) in [6, 6.07) is 0.353. The minimum absolute atomic E-state index is 0.217. The van der Waals surface area contributed by atoms with Crippen LogP contribution in [0.15, 0.2) is 0 Å². The fourth-order valence-corrected chi connectivity index (χ4v) is 3.19. The van der Waals surface area contributed by atoms with Crippen LogP contribution in [0.25, 0.3) is 0 Å². The van der Waals surface area contributed by atoms with Gasteiger partial charge in [0.25, 0.3) is 0 Å². The highest BCUT2D eigenvalue weighted by Crippen LogP contribution is 2.21. The number of carbonyl (C=O) groups is 1. The Balaban J connectivity index is 2.32. The van der Waals surface area contributed by atoms with Crippen molar-refractivity contribution in [2.24, 2.45) is 23.5 Å². The van der Waals surface area contributed by atoms with E-state index in [4.69, 9.17) is 5.73 Å². The molecule has 4 nitrogen and oxygen atoms in total. The maximum Gasteiger partial charge on any atom is 0.220 e. The Morgan fingerprint density at radius 2 is 2.10 bits per heavy atom. The molecule has 1 fully saturated rings. The molecular weight excluding hydrogens is 250 g/mol. The van der Waals surface area contributed by atoms with Crippen LogP contribution >= 0.6 is 0 Å². The first-order valence-electron chi connectivity index (χ1n) is 8.12. The molecule has 20 heavy (non-hydrogen) atoms. The van der Waals surface area contributed by atoms with E-state index in [2.05, 4.69) is 38.0 Å². The minimum atomic E-state index is 0.217. The Kier molecular flexibility index (Phi) is 7.52. The lowest BCUT2D eigenvalue weighted by Crippen LogP contribution is -2.48. The van der Waals surface area contributed by atoms with Gasteiger partial charge in [0.2, 0.25) is 5.91 Å². The normalized spacial score (nSPS) is 25.7. The van der Waals surface area contributed by atoms with Crippen molar-refractivity contribution >= 4 is 5.91 Å². The summed E-state index contributed by atoms with van der Waals surface area (Å²) in [5.41, 5.74) is 5.65. The van der Waals surface area contributed by atoms with Crippen molar-refractivity contribution in [2.75, 3.05) is 26.7 Å². The zero-order chi connectivity index (χ0) is 15.1. The van der Waals surface area contributed by atoms with E-state index < -0.39 is 0 Å². The summed E-state index contributed by atoms with van der Waals surface area (Å²) in [5, 5.41) is 3.23. The van der Waals surface area contributed by atoms with Gasteiger partial charge in [-0.25, -0.2) is 0 Å². The van der Waals surface area contributed by atoms with Gasteiger partial charge in [-0.15, -0.1) is 0 Å². The molecule has 0 aromatic carbocycles. The first kappa shape index (κ1) is 17.4. The Morgan fingerprint density at radius 1 is 1.40 bits per heavy atom. The van der Waals surface area contributed by atoms with Crippen LogP contribution in [0, 0.1) is 17.8 Å². The van der Waals surface area contributed by atoms with Crippen molar-refractivity contribution in [1.29, 1.82) is 0 Å². The van der Waals surface area contributed by atoms with E-state index in [9.17, 15) is 4.79 Å². The Labute approximate surface area is 124 Å². The highest BCUT2D eigenvalue weighted by Gasteiger charge is 2.25. The average Bonchev–Trinajstić information content (AvgIpc) is 2.37. The van der Waals surface area contributed by atoms with Crippen molar-refractivity contribution in [1.82, 2.24) is 10.2 Å². The van der Waals surface area contributed by atoms with Gasteiger partial charge in [0.1, 0.15) is 0 Å². The molecule has 1 aliphatic rings. The number of piperidine rings is 1. The second-order valence-electron chi connectivity index (χ2n) is 6.82. The summed E-state index contributed by atoms with van der Waals surface area (Å²) in [6.07, 6.45) is 3.69. The van der Waals surface area contributed by atoms with Crippen molar-refractivity contribution in [3.05, 3.63) is 0 Å². The quantitative estimate of drug-likeness (QED) is 0.749. The number of hydrogen-bond acceptors (Lipinski definition) is 3. The third kappa shape index (κ3) is 5.80. The summed E-state index contributed by atoms with van der Waals surface area (Å²) >= 11 is 0. The van der Waals surface area contributed by atoms with Crippen LogP contribution in [-0.4, -0.2) is 43.5 Å². The zero-order valence-corrected chi connectivity index (χ0v) is 13.7. The molecule has 3 unspecified atom stereocenters. The van der Waals surface area contributed by atoms with Crippen LogP contribution in [0.1, 0.15) is 46.5 Å². The lowest BCUT2D eigenvalue weighted by molar-refractivity contribution is -0.122. The molecule has 1 aliphatic heterocycles. The van der Waals surface area contributed by atoms with Gasteiger partial charge in [-0.3, -0.25) is 4.79 Å². The molecule has 3 atom stereocenters. The third-order valence-corrected chi connectivity index (χ3v) is 4.68. The number of likely N-dealkylation sites (tertiary alicyclic amines) is 1. The molecule has 0 saturated carbocycles. The minimum Gasteiger partial charge on any atom is -0.353 e. The van der Waals surface area contributed by atoms with Crippen LogP contribution in [-0.2, 0) is 4.79 Å². The molecule has 0 aromatic rings. The van der Waals surface area contributed by atoms with E-state index in [1.165, 1.54) is 0 Å². The number of hydrogen-bond donors (Lipinski definition) is 2. The van der Waals surface area contributed by atoms with Crippen LogP contribution in [0.2, 0.25) is 0 Å². The van der Waals surface area contributed by atoms with Gasteiger partial charge in [0.05, 0.1) is 0 Å². The van der Waals surface area contributed by atoms with Gasteiger partial charge in [0.15, 0.2) is 0 Å². The van der Waals surface area contributed by atoms with E-state index in [0.29, 0.717) is 30.2 Å². The number of nitrogens with one attached hydrogen (secondary N) is 1. The van der Waals surface area contributed by atoms with Gasteiger partial charge in [0, 0.05) is 19.0 Å². The van der Waals surface area contributed by atoms with Crippen molar-refractivity contribution in [2.45, 2.75) is 52.5 Å². The molecule has 0 radical (unpaired) electrons. The van der Waals surface area contributed by atoms with E-state index in [1.807, 2.05) is 0 Å². The van der Waals surface area contributed by atoms with Crippen molar-refractivity contribution in [3.63, 3.8) is 0 Å². The number of rotatable bonds is 7. The molecule has 118 valence electrons. The van der Waals surface area contributed by atoms with Gasteiger partial charge >= 0.3 is 0 Å². The van der Waals surface area contributed by atoms with E-state index in [0.717, 1.165) is 38.9 Å². The molecular formula is C16H33N3O. The van der Waals surface area contributed by atoms with Gasteiger partial charge in [-0.05, 0) is 57.2 Å². The summed E-state index contributed by atoms with van der Waals surface area (Å²) in [6.45, 7) is 9.54. The monoisotopic (exact) mass is 283 g/mol. The highest BCUT2D eigenvalue weighted by atomic mass is 16.1. The molecule has 1 amide bonds. The zero-order valence-electron chi connectivity index (χ0n) is 13.7. The summed E-state index contributed by atoms with van der Waals surface area (Å²) in [7, 11) is 2.15. The fraction of sp³-hybridized carbons (Fsp3) is 0.938. The number of carbonyl (C=O) groups excluding carboxylic acids is 1. The Morgan fingerprint density at radius 3 is 2.65 bits per heavy atom. The second kappa shape index (κ2) is 8.63. The van der Waals surface area contributed by atoms with Crippen molar-refractivity contribution in [3.8, 4) is 0 Å². The lowest BCUT2D eigenvalue weighted by atomic mass is 9.88. The molecule has 3 N–H and O–H groups in total. The first-order valence-corrected chi connectivity index (χ1v) is 8.12. The fourth-order valence-electron chi connectivity index (χ4n) is 3.19. The molecule has 0 aliphatic carbocycles. The highest BCUT2D eigenvalue weighted by molar-refractivity contribution is 5.76. The van der Waals surface area contributed by atoms with Gasteiger partial charge in [-0.2, -0.15) is 0 Å². The Bertz CT molecular complexity index is 293. The second-order valence-corrected chi connectivity index (χ2v) is 6.82. The number of nitrogens with two attached hydrogens (primary N) is 1. The summed E-state index contributed by atoms with van der Waals surface area (Å²) < 4.78 is 0. The topological polar surface area (TPSA) is 58.4 Å². The largest absolute Gasteiger partial charge is 0.353 e. The number of amides is 1. The maximum atomic E-state index is 12.1. The summed E-state index contributed by atoms with van der Waals surface area (Å²) in [4.78, 5) is 14.5. The third-order valence-electron chi connectivity index (χ3n) is 4.68. The molecule has 0 spiro atoms. The van der Waals surface area contributed by atoms with E-state index >= 15 is 0 Å². The van der Waals surface area contributed by atoms with E-state index in [1.54, 1.807) is 0 Å². The van der Waals surface area contributed by atoms with Crippen LogP contribution in [0.4, 0.5) is 0 Å². The van der Waals surface area contributed by atoms with Gasteiger partial charge < -0.3 is 16.0 Å². The van der Waals surface area contributed by atoms with Crippen LogP contribution in [0.5, 0.6) is 0 Å². The molecule has 1 rings (SSSR count). The van der Waals surface area contributed by atoms with E-state index in [-0.39, 0.29) is 5.91 Å². The molecule has 0 bridgehead atoms. The molecule has 0 aromatic heterocycles. The van der Waals surface area contributed by atoms with Gasteiger partial charge in [-0.1, -0.05) is 20.8 Å². The van der Waals surface area contributed by atoms with Crippen molar-refractivity contribution < 1.29 is 4.79 Å². The van der Waals surface area contributed by atoms with Crippen LogP contribution in [0.3, 0.4) is 0 Å². The maximum absolute atomic E-state index is 12.1.